The van der Waals surface area contributed by atoms with E-state index in [9.17, 15) is 0 Å². The van der Waals surface area contributed by atoms with Crippen LogP contribution >= 0.6 is 11.8 Å². The number of hydrogen-bond donors (Lipinski definition) is 0. The molecule has 0 aliphatic heterocycles. The number of furan rings is 1. The molecule has 0 saturated carbocycles. The van der Waals surface area contributed by atoms with E-state index in [0.29, 0.717) is 0 Å². The fraction of sp³-hybridized carbons (Fsp3) is 0.154. The SMILES string of the molecule is CCSc1nc2ccc(-c3ccco3)cc2o1. The van der Waals surface area contributed by atoms with Gasteiger partial charge in [0, 0.05) is 5.56 Å². The summed E-state index contributed by atoms with van der Waals surface area (Å²) >= 11 is 1.60. The summed E-state index contributed by atoms with van der Waals surface area (Å²) in [6, 6.07) is 9.71. The van der Waals surface area contributed by atoms with Crippen molar-refractivity contribution < 1.29 is 8.83 Å². The number of aromatic nitrogens is 1. The Bertz CT molecular complexity index is 628. The molecule has 0 spiro atoms. The third-order valence-electron chi connectivity index (χ3n) is 2.44. The molecule has 1 aromatic carbocycles. The van der Waals surface area contributed by atoms with Crippen LogP contribution in [0.5, 0.6) is 0 Å². The predicted octanol–water partition coefficient (Wildman–Crippen LogP) is 4.20. The lowest BCUT2D eigenvalue weighted by molar-refractivity contribution is 0.489. The highest BCUT2D eigenvalue weighted by molar-refractivity contribution is 7.99. The van der Waals surface area contributed by atoms with Crippen molar-refractivity contribution in [2.45, 2.75) is 12.1 Å². The van der Waals surface area contributed by atoms with Crippen LogP contribution in [0.25, 0.3) is 22.4 Å². The lowest BCUT2D eigenvalue weighted by atomic mass is 10.1. The monoisotopic (exact) mass is 245 g/mol. The van der Waals surface area contributed by atoms with E-state index >= 15 is 0 Å². The zero-order valence-corrected chi connectivity index (χ0v) is 10.2. The Morgan fingerprint density at radius 3 is 3.00 bits per heavy atom. The Kier molecular flexibility index (Phi) is 2.65. The number of benzene rings is 1. The highest BCUT2D eigenvalue weighted by Crippen LogP contribution is 2.28. The van der Waals surface area contributed by atoms with E-state index in [1.54, 1.807) is 18.0 Å². The van der Waals surface area contributed by atoms with E-state index in [4.69, 9.17) is 8.83 Å². The van der Waals surface area contributed by atoms with Crippen LogP contribution in [0.2, 0.25) is 0 Å². The molecule has 0 aliphatic rings. The summed E-state index contributed by atoms with van der Waals surface area (Å²) in [7, 11) is 0. The number of hydrogen-bond acceptors (Lipinski definition) is 4. The van der Waals surface area contributed by atoms with Gasteiger partial charge in [0.2, 0.25) is 0 Å². The summed E-state index contributed by atoms with van der Waals surface area (Å²) in [4.78, 5) is 4.39. The fourth-order valence-corrected chi connectivity index (χ4v) is 2.24. The lowest BCUT2D eigenvalue weighted by Gasteiger charge is -1.94. The Hall–Kier alpha value is -1.68. The normalized spacial score (nSPS) is 11.1. The van der Waals surface area contributed by atoms with E-state index in [0.717, 1.165) is 33.4 Å². The lowest BCUT2D eigenvalue weighted by Crippen LogP contribution is -1.73. The standard InChI is InChI=1S/C13H11NO2S/c1-2-17-13-14-10-6-5-9(8-12(10)16-13)11-4-3-7-15-11/h3-8H,2H2,1H3. The number of fused-ring (bicyclic) bond motifs is 1. The first-order valence-electron chi connectivity index (χ1n) is 5.44. The third-order valence-corrected chi connectivity index (χ3v) is 3.15. The number of thioether (sulfide) groups is 1. The average Bonchev–Trinajstić information content (AvgIpc) is 2.96. The fourth-order valence-electron chi connectivity index (χ4n) is 1.68. The molecule has 2 aromatic heterocycles. The number of nitrogens with zero attached hydrogens (tertiary/aromatic N) is 1. The van der Waals surface area contributed by atoms with Gasteiger partial charge in [0.1, 0.15) is 11.3 Å². The maximum atomic E-state index is 5.66. The van der Waals surface area contributed by atoms with Gasteiger partial charge in [-0.2, -0.15) is 0 Å². The van der Waals surface area contributed by atoms with E-state index in [1.807, 2.05) is 30.3 Å². The van der Waals surface area contributed by atoms with Crippen LogP contribution in [0, 0.1) is 0 Å². The summed E-state index contributed by atoms with van der Waals surface area (Å²) in [5.41, 5.74) is 2.69. The summed E-state index contributed by atoms with van der Waals surface area (Å²) < 4.78 is 11.0. The van der Waals surface area contributed by atoms with Gasteiger partial charge in [-0.05, 0) is 36.1 Å². The molecule has 0 N–H and O–H groups in total. The molecule has 3 nitrogen and oxygen atoms in total. The van der Waals surface area contributed by atoms with Gasteiger partial charge in [-0.3, -0.25) is 0 Å². The summed E-state index contributed by atoms with van der Waals surface area (Å²) in [5, 5.41) is 0.721. The van der Waals surface area contributed by atoms with E-state index in [-0.39, 0.29) is 0 Å². The van der Waals surface area contributed by atoms with Gasteiger partial charge in [0.15, 0.2) is 5.58 Å². The van der Waals surface area contributed by atoms with Gasteiger partial charge in [-0.1, -0.05) is 18.7 Å². The molecule has 17 heavy (non-hydrogen) atoms. The number of rotatable bonds is 3. The summed E-state index contributed by atoms with van der Waals surface area (Å²) in [6.07, 6.45) is 1.66. The third kappa shape index (κ3) is 1.96. The Labute approximate surface area is 103 Å². The average molecular weight is 245 g/mol. The van der Waals surface area contributed by atoms with Crippen LogP contribution in [0.15, 0.2) is 50.7 Å². The molecule has 2 heterocycles. The van der Waals surface area contributed by atoms with Gasteiger partial charge in [0.05, 0.1) is 6.26 Å². The van der Waals surface area contributed by atoms with E-state index < -0.39 is 0 Å². The molecule has 3 aromatic rings. The minimum Gasteiger partial charge on any atom is -0.464 e. The number of oxazole rings is 1. The largest absolute Gasteiger partial charge is 0.464 e. The molecule has 3 rings (SSSR count). The van der Waals surface area contributed by atoms with Crippen LogP contribution in [-0.2, 0) is 0 Å². The first-order chi connectivity index (χ1) is 8.36. The molecular formula is C13H11NO2S. The van der Waals surface area contributed by atoms with Crippen LogP contribution in [-0.4, -0.2) is 10.7 Å². The van der Waals surface area contributed by atoms with Gasteiger partial charge >= 0.3 is 0 Å². The van der Waals surface area contributed by atoms with Crippen molar-refractivity contribution >= 4 is 22.9 Å². The van der Waals surface area contributed by atoms with Crippen molar-refractivity contribution in [3.05, 3.63) is 36.6 Å². The second-order valence-corrected chi connectivity index (χ2v) is 4.79. The van der Waals surface area contributed by atoms with Gasteiger partial charge in [-0.15, -0.1) is 0 Å². The molecule has 4 heteroatoms. The summed E-state index contributed by atoms with van der Waals surface area (Å²) in [6.45, 7) is 2.08. The highest BCUT2D eigenvalue weighted by Gasteiger charge is 2.08. The van der Waals surface area contributed by atoms with Gasteiger partial charge in [0.25, 0.3) is 5.22 Å². The molecule has 0 aliphatic carbocycles. The Morgan fingerprint density at radius 1 is 1.29 bits per heavy atom. The molecule has 0 atom stereocenters. The smallest absolute Gasteiger partial charge is 0.256 e. The van der Waals surface area contributed by atoms with Crippen LogP contribution in [0.1, 0.15) is 6.92 Å². The molecule has 0 fully saturated rings. The topological polar surface area (TPSA) is 39.2 Å². The molecule has 86 valence electrons. The zero-order valence-electron chi connectivity index (χ0n) is 9.34. The quantitative estimate of drug-likeness (QED) is 0.648. The maximum absolute atomic E-state index is 5.66. The molecule has 0 saturated heterocycles. The van der Waals surface area contributed by atoms with Crippen LogP contribution in [0.4, 0.5) is 0 Å². The predicted molar refractivity (Wildman–Crippen MR) is 68.1 cm³/mol. The second-order valence-electron chi connectivity index (χ2n) is 3.57. The molecular weight excluding hydrogens is 234 g/mol. The minimum atomic E-state index is 0.721. The van der Waals surface area contributed by atoms with E-state index in [2.05, 4.69) is 11.9 Å². The van der Waals surface area contributed by atoms with Crippen molar-refractivity contribution in [2.24, 2.45) is 0 Å². The van der Waals surface area contributed by atoms with Crippen LogP contribution < -0.4 is 0 Å². The second kappa shape index (κ2) is 4.30. The first-order valence-corrected chi connectivity index (χ1v) is 6.42. The molecule has 0 bridgehead atoms. The van der Waals surface area contributed by atoms with E-state index in [1.165, 1.54) is 0 Å². The molecule has 0 radical (unpaired) electrons. The van der Waals surface area contributed by atoms with Crippen molar-refractivity contribution in [1.29, 1.82) is 0 Å². The highest BCUT2D eigenvalue weighted by atomic mass is 32.2. The minimum absolute atomic E-state index is 0.721. The summed E-state index contributed by atoms with van der Waals surface area (Å²) in [5.74, 6) is 1.80. The van der Waals surface area contributed by atoms with Crippen molar-refractivity contribution in [3.63, 3.8) is 0 Å². The Morgan fingerprint density at radius 2 is 2.24 bits per heavy atom. The maximum Gasteiger partial charge on any atom is 0.256 e. The van der Waals surface area contributed by atoms with Gasteiger partial charge in [-0.25, -0.2) is 4.98 Å². The van der Waals surface area contributed by atoms with Crippen molar-refractivity contribution in [1.82, 2.24) is 4.98 Å². The Balaban J connectivity index is 2.06. The first kappa shape index (κ1) is 10.5. The van der Waals surface area contributed by atoms with Crippen molar-refractivity contribution in [2.75, 3.05) is 5.75 Å². The molecule has 0 amide bonds. The zero-order chi connectivity index (χ0) is 11.7. The van der Waals surface area contributed by atoms with Crippen molar-refractivity contribution in [3.8, 4) is 11.3 Å². The molecule has 0 unspecified atom stereocenters. The van der Waals surface area contributed by atoms with Crippen LogP contribution in [0.3, 0.4) is 0 Å². The van der Waals surface area contributed by atoms with Gasteiger partial charge < -0.3 is 8.83 Å².